The molecule has 0 aromatic heterocycles. The Morgan fingerprint density at radius 2 is 2.00 bits per heavy atom. The van der Waals surface area contributed by atoms with Gasteiger partial charge in [0.25, 0.3) is 0 Å². The minimum Gasteiger partial charge on any atom is -0.432 e. The van der Waals surface area contributed by atoms with E-state index in [4.69, 9.17) is 4.74 Å². The number of hydrogen-bond donors (Lipinski definition) is 1. The van der Waals surface area contributed by atoms with Gasteiger partial charge in [0, 0.05) is 0 Å². The van der Waals surface area contributed by atoms with E-state index in [9.17, 15) is 4.80 Å². The van der Waals surface area contributed by atoms with Crippen molar-refractivity contribution in [3.63, 3.8) is 0 Å². The van der Waals surface area contributed by atoms with Crippen molar-refractivity contribution in [3.05, 3.63) is 0 Å². The number of ether oxygens (including phenoxy) is 1. The van der Waals surface area contributed by atoms with Crippen LogP contribution in [-0.4, -0.2) is 25.8 Å². The summed E-state index contributed by atoms with van der Waals surface area (Å²) in [6.07, 6.45) is 2.71. The van der Waals surface area contributed by atoms with Crippen molar-refractivity contribution < 1.29 is 9.53 Å². The van der Waals surface area contributed by atoms with Gasteiger partial charge in [-0.2, -0.15) is 0 Å². The first-order valence-corrected chi connectivity index (χ1v) is 7.62. The van der Waals surface area contributed by atoms with Gasteiger partial charge in [0.2, 0.25) is 0 Å². The Morgan fingerprint density at radius 1 is 1.50 bits per heavy atom. The van der Waals surface area contributed by atoms with Crippen LogP contribution in [0.1, 0.15) is 26.7 Å². The maximum Gasteiger partial charge on any atom is 0.188 e. The SMILES string of the molecule is CC(C)(CCC1CO1)[Si](C)(C)O. The van der Waals surface area contributed by atoms with Crippen molar-refractivity contribution >= 4 is 8.32 Å². The molecule has 0 bridgehead atoms. The second kappa shape index (κ2) is 3.12. The smallest absolute Gasteiger partial charge is 0.188 e. The Bertz CT molecular complexity index is 156. The molecule has 1 N–H and O–H groups in total. The summed E-state index contributed by atoms with van der Waals surface area (Å²) < 4.78 is 5.15. The predicted octanol–water partition coefficient (Wildman–Crippen LogP) is 2.14. The lowest BCUT2D eigenvalue weighted by atomic mass is 10.1. The molecule has 1 unspecified atom stereocenters. The first kappa shape index (κ1) is 10.2. The molecule has 12 heavy (non-hydrogen) atoms. The van der Waals surface area contributed by atoms with E-state index in [0.717, 1.165) is 19.4 Å². The van der Waals surface area contributed by atoms with Gasteiger partial charge in [0.05, 0.1) is 12.7 Å². The molecule has 1 saturated heterocycles. The van der Waals surface area contributed by atoms with Crippen LogP contribution >= 0.6 is 0 Å². The van der Waals surface area contributed by atoms with Crippen molar-refractivity contribution in [1.29, 1.82) is 0 Å². The number of rotatable bonds is 4. The summed E-state index contributed by atoms with van der Waals surface area (Å²) >= 11 is 0. The molecule has 72 valence electrons. The van der Waals surface area contributed by atoms with Crippen molar-refractivity contribution in [2.24, 2.45) is 0 Å². The maximum atomic E-state index is 9.98. The normalized spacial score (nSPS) is 24.2. The molecule has 1 heterocycles. The zero-order valence-electron chi connectivity index (χ0n) is 8.55. The van der Waals surface area contributed by atoms with E-state index in [1.54, 1.807) is 0 Å². The number of hydrogen-bond acceptors (Lipinski definition) is 2. The Kier molecular flexibility index (Phi) is 2.66. The highest BCUT2D eigenvalue weighted by Gasteiger charge is 2.39. The monoisotopic (exact) mass is 188 g/mol. The van der Waals surface area contributed by atoms with Crippen molar-refractivity contribution in [1.82, 2.24) is 0 Å². The molecular formula is C9H20O2Si. The van der Waals surface area contributed by atoms with Gasteiger partial charge in [-0.25, -0.2) is 0 Å². The quantitative estimate of drug-likeness (QED) is 0.541. The molecular weight excluding hydrogens is 168 g/mol. The standard InChI is InChI=1S/C9H20O2Si/c1-9(2,12(3,4)10)6-5-8-7-11-8/h8,10H,5-7H2,1-4H3. The molecule has 2 nitrogen and oxygen atoms in total. The highest BCUT2D eigenvalue weighted by molar-refractivity contribution is 6.72. The van der Waals surface area contributed by atoms with Gasteiger partial charge in [-0.15, -0.1) is 0 Å². The second-order valence-electron chi connectivity index (χ2n) is 4.94. The van der Waals surface area contributed by atoms with E-state index < -0.39 is 8.32 Å². The van der Waals surface area contributed by atoms with Crippen molar-refractivity contribution in [3.8, 4) is 0 Å². The van der Waals surface area contributed by atoms with Crippen LogP contribution in [0.4, 0.5) is 0 Å². The topological polar surface area (TPSA) is 32.8 Å². The fourth-order valence-corrected chi connectivity index (χ4v) is 1.82. The minimum atomic E-state index is -1.98. The first-order valence-electron chi connectivity index (χ1n) is 4.67. The van der Waals surface area contributed by atoms with E-state index in [2.05, 4.69) is 13.8 Å². The van der Waals surface area contributed by atoms with E-state index >= 15 is 0 Å². The molecule has 0 saturated carbocycles. The molecule has 0 aromatic rings. The van der Waals surface area contributed by atoms with E-state index in [-0.39, 0.29) is 5.04 Å². The van der Waals surface area contributed by atoms with Crippen LogP contribution in [0.2, 0.25) is 18.1 Å². The molecule has 1 aliphatic heterocycles. The largest absolute Gasteiger partial charge is 0.432 e. The summed E-state index contributed by atoms with van der Waals surface area (Å²) in [5, 5.41) is 0.124. The molecule has 3 heteroatoms. The van der Waals surface area contributed by atoms with Gasteiger partial charge in [-0.1, -0.05) is 13.8 Å². The van der Waals surface area contributed by atoms with Gasteiger partial charge < -0.3 is 9.53 Å². The lowest BCUT2D eigenvalue weighted by Gasteiger charge is -2.34. The van der Waals surface area contributed by atoms with Gasteiger partial charge in [-0.3, -0.25) is 0 Å². The third-order valence-electron chi connectivity index (χ3n) is 3.15. The Balaban J connectivity index is 2.35. The second-order valence-corrected chi connectivity index (χ2v) is 9.41. The molecule has 0 amide bonds. The van der Waals surface area contributed by atoms with E-state index in [1.807, 2.05) is 13.1 Å². The first-order chi connectivity index (χ1) is 5.33. The van der Waals surface area contributed by atoms with E-state index in [1.165, 1.54) is 0 Å². The third-order valence-corrected chi connectivity index (χ3v) is 6.71. The van der Waals surface area contributed by atoms with Crippen LogP contribution in [0.25, 0.3) is 0 Å². The van der Waals surface area contributed by atoms with Crippen molar-refractivity contribution in [2.75, 3.05) is 6.61 Å². The fraction of sp³-hybridized carbons (Fsp3) is 1.00. The summed E-state index contributed by atoms with van der Waals surface area (Å²) in [5.41, 5.74) is 0. The highest BCUT2D eigenvalue weighted by Crippen LogP contribution is 2.41. The molecule has 0 aromatic carbocycles. The molecule has 1 aliphatic rings. The lowest BCUT2D eigenvalue weighted by molar-refractivity contribution is 0.368. The van der Waals surface area contributed by atoms with Crippen LogP contribution in [0.5, 0.6) is 0 Å². The Morgan fingerprint density at radius 3 is 2.33 bits per heavy atom. The molecule has 1 atom stereocenters. The average molecular weight is 188 g/mol. The molecule has 0 spiro atoms. The predicted molar refractivity (Wildman–Crippen MR) is 52.7 cm³/mol. The third kappa shape index (κ3) is 2.57. The molecule has 0 radical (unpaired) electrons. The summed E-state index contributed by atoms with van der Waals surface area (Å²) in [4.78, 5) is 9.98. The van der Waals surface area contributed by atoms with Gasteiger partial charge >= 0.3 is 0 Å². The molecule has 0 aliphatic carbocycles. The van der Waals surface area contributed by atoms with Crippen LogP contribution in [0, 0.1) is 0 Å². The Hall–Kier alpha value is 0.137. The molecule has 1 fully saturated rings. The number of epoxide rings is 1. The zero-order chi connectivity index (χ0) is 9.41. The maximum absolute atomic E-state index is 9.98. The van der Waals surface area contributed by atoms with Crippen LogP contribution in [-0.2, 0) is 4.74 Å². The lowest BCUT2D eigenvalue weighted by Crippen LogP contribution is -2.39. The van der Waals surface area contributed by atoms with Crippen LogP contribution < -0.4 is 0 Å². The average Bonchev–Trinajstić information content (AvgIpc) is 2.62. The van der Waals surface area contributed by atoms with Gasteiger partial charge in [0.1, 0.15) is 0 Å². The fourth-order valence-electron chi connectivity index (χ4n) is 1.06. The minimum absolute atomic E-state index is 0.124. The van der Waals surface area contributed by atoms with E-state index in [0.29, 0.717) is 6.10 Å². The summed E-state index contributed by atoms with van der Waals surface area (Å²) in [6, 6.07) is 0. The van der Waals surface area contributed by atoms with Crippen LogP contribution in [0.3, 0.4) is 0 Å². The summed E-state index contributed by atoms with van der Waals surface area (Å²) in [6.45, 7) is 9.30. The zero-order valence-corrected chi connectivity index (χ0v) is 9.55. The van der Waals surface area contributed by atoms with Crippen molar-refractivity contribution in [2.45, 2.75) is 50.9 Å². The summed E-state index contributed by atoms with van der Waals surface area (Å²) in [7, 11) is -1.98. The summed E-state index contributed by atoms with van der Waals surface area (Å²) in [5.74, 6) is 0. The van der Waals surface area contributed by atoms with Gasteiger partial charge in [0.15, 0.2) is 8.32 Å². The highest BCUT2D eigenvalue weighted by atomic mass is 28.4. The van der Waals surface area contributed by atoms with Crippen LogP contribution in [0.15, 0.2) is 0 Å². The molecule has 1 rings (SSSR count). The Labute approximate surface area is 76.1 Å². The van der Waals surface area contributed by atoms with Gasteiger partial charge in [-0.05, 0) is 31.0 Å².